The molecule has 4 rings (SSSR count). The molecule has 0 spiro atoms. The average molecular weight is 535 g/mol. The Hall–Kier alpha value is -4.31. The molecule has 0 saturated heterocycles. The Labute approximate surface area is 220 Å². The Bertz CT molecular complexity index is 1470. The van der Waals surface area contributed by atoms with E-state index in [4.69, 9.17) is 4.74 Å². The fourth-order valence-corrected chi connectivity index (χ4v) is 4.82. The second kappa shape index (κ2) is 11.0. The van der Waals surface area contributed by atoms with E-state index in [9.17, 15) is 27.6 Å². The lowest BCUT2D eigenvalue weighted by atomic mass is 10.1. The van der Waals surface area contributed by atoms with Crippen LogP contribution in [0.1, 0.15) is 38.8 Å². The first kappa shape index (κ1) is 26.7. The molecule has 0 fully saturated rings. The van der Waals surface area contributed by atoms with E-state index in [0.29, 0.717) is 5.56 Å². The maximum absolute atomic E-state index is 13.2. The molecule has 0 radical (unpaired) electrons. The number of sulfone groups is 1. The number of benzene rings is 3. The fourth-order valence-electron chi connectivity index (χ4n) is 4.13. The molecule has 0 aliphatic carbocycles. The molecule has 0 bridgehead atoms. The fraction of sp³-hybridized carbons (Fsp3) is 0.214. The van der Waals surface area contributed by atoms with Crippen molar-refractivity contribution in [3.05, 3.63) is 101 Å². The molecular weight excluding hydrogens is 508 g/mol. The number of imide groups is 1. The van der Waals surface area contributed by atoms with Crippen LogP contribution in [0.5, 0.6) is 0 Å². The minimum atomic E-state index is -3.50. The highest BCUT2D eigenvalue weighted by Crippen LogP contribution is 2.24. The molecule has 1 N–H and O–H groups in total. The van der Waals surface area contributed by atoms with Crippen LogP contribution >= 0.6 is 0 Å². The maximum atomic E-state index is 13.2. The van der Waals surface area contributed by atoms with Gasteiger partial charge in [0.25, 0.3) is 11.8 Å². The first-order valence-electron chi connectivity index (χ1n) is 11.8. The van der Waals surface area contributed by atoms with Crippen LogP contribution in [0.15, 0.2) is 83.8 Å². The van der Waals surface area contributed by atoms with Gasteiger partial charge in [-0.3, -0.25) is 19.3 Å². The van der Waals surface area contributed by atoms with Crippen molar-refractivity contribution in [2.45, 2.75) is 36.9 Å². The van der Waals surface area contributed by atoms with E-state index in [-0.39, 0.29) is 29.1 Å². The van der Waals surface area contributed by atoms with E-state index >= 15 is 0 Å². The monoisotopic (exact) mass is 534 g/mol. The number of ether oxygens (including phenoxy) is 1. The van der Waals surface area contributed by atoms with Crippen molar-refractivity contribution >= 4 is 33.5 Å². The van der Waals surface area contributed by atoms with Gasteiger partial charge in [-0.1, -0.05) is 54.6 Å². The Morgan fingerprint density at radius 3 is 2.05 bits per heavy atom. The van der Waals surface area contributed by atoms with Gasteiger partial charge in [-0.05, 0) is 42.3 Å². The summed E-state index contributed by atoms with van der Waals surface area (Å²) in [4.78, 5) is 52.9. The molecule has 1 aliphatic rings. The van der Waals surface area contributed by atoms with Gasteiger partial charge in [-0.25, -0.2) is 13.2 Å². The standard InChI is InChI=1S/C28H26N2O7S/c1-18(30-26(32)22-13-6-7-14-23(22)27(30)33)25(31)29-24(28(34)37-17-19-9-4-3-5-10-19)16-20-11-8-12-21(15-20)38(2,35)36/h3-15,18,24H,16-17H2,1-2H3,(H,29,31)/t18-,24+/m1/s1. The van der Waals surface area contributed by atoms with Crippen molar-refractivity contribution in [3.63, 3.8) is 0 Å². The van der Waals surface area contributed by atoms with Crippen molar-refractivity contribution in [3.8, 4) is 0 Å². The Morgan fingerprint density at radius 1 is 0.868 bits per heavy atom. The predicted molar refractivity (Wildman–Crippen MR) is 138 cm³/mol. The maximum Gasteiger partial charge on any atom is 0.329 e. The number of esters is 1. The zero-order valence-corrected chi connectivity index (χ0v) is 21.6. The summed E-state index contributed by atoms with van der Waals surface area (Å²) in [6, 6.07) is 18.9. The summed E-state index contributed by atoms with van der Waals surface area (Å²) >= 11 is 0. The van der Waals surface area contributed by atoms with Gasteiger partial charge in [-0.15, -0.1) is 0 Å². The van der Waals surface area contributed by atoms with Crippen LogP contribution in [-0.4, -0.2) is 55.3 Å². The SMILES string of the molecule is C[C@H](C(=O)N[C@@H](Cc1cccc(S(C)(=O)=O)c1)C(=O)OCc1ccccc1)N1C(=O)c2ccccc2C1=O. The quantitative estimate of drug-likeness (QED) is 0.330. The van der Waals surface area contributed by atoms with E-state index in [0.717, 1.165) is 16.7 Å². The van der Waals surface area contributed by atoms with E-state index in [2.05, 4.69) is 5.32 Å². The first-order valence-corrected chi connectivity index (χ1v) is 13.7. The smallest absolute Gasteiger partial charge is 0.329 e. The normalized spacial score (nSPS) is 14.5. The first-order chi connectivity index (χ1) is 18.1. The van der Waals surface area contributed by atoms with Crippen LogP contribution < -0.4 is 5.32 Å². The molecule has 3 amide bonds. The Balaban J connectivity index is 1.55. The summed E-state index contributed by atoms with van der Waals surface area (Å²) in [5.74, 6) is -2.68. The molecule has 9 nitrogen and oxygen atoms in total. The van der Waals surface area contributed by atoms with Gasteiger partial charge in [0.15, 0.2) is 9.84 Å². The third kappa shape index (κ3) is 5.81. The molecule has 2 atom stereocenters. The average Bonchev–Trinajstić information content (AvgIpc) is 3.16. The van der Waals surface area contributed by atoms with Crippen LogP contribution in [0.3, 0.4) is 0 Å². The van der Waals surface area contributed by atoms with Crippen LogP contribution in [0, 0.1) is 0 Å². The van der Waals surface area contributed by atoms with Crippen molar-refractivity contribution in [1.29, 1.82) is 0 Å². The third-order valence-electron chi connectivity index (χ3n) is 6.18. The molecule has 3 aromatic rings. The van der Waals surface area contributed by atoms with Gasteiger partial charge in [0.05, 0.1) is 16.0 Å². The van der Waals surface area contributed by atoms with Gasteiger partial charge in [0, 0.05) is 12.7 Å². The number of rotatable bonds is 9. The molecular formula is C28H26N2O7S. The predicted octanol–water partition coefficient (Wildman–Crippen LogP) is 2.55. The summed E-state index contributed by atoms with van der Waals surface area (Å²) in [5, 5.41) is 2.60. The summed E-state index contributed by atoms with van der Waals surface area (Å²) < 4.78 is 29.4. The minimum Gasteiger partial charge on any atom is -0.459 e. The molecule has 3 aromatic carbocycles. The molecule has 196 valence electrons. The summed E-state index contributed by atoms with van der Waals surface area (Å²) in [6.45, 7) is 1.36. The third-order valence-corrected chi connectivity index (χ3v) is 7.29. The molecule has 38 heavy (non-hydrogen) atoms. The van der Waals surface area contributed by atoms with Crippen LogP contribution in [0.2, 0.25) is 0 Å². The number of nitrogens with one attached hydrogen (secondary N) is 1. The van der Waals surface area contributed by atoms with Crippen LogP contribution in [0.25, 0.3) is 0 Å². The number of amides is 3. The zero-order chi connectivity index (χ0) is 27.4. The lowest BCUT2D eigenvalue weighted by Crippen LogP contribution is -2.53. The zero-order valence-electron chi connectivity index (χ0n) is 20.8. The topological polar surface area (TPSA) is 127 Å². The van der Waals surface area contributed by atoms with Crippen LogP contribution in [0.4, 0.5) is 0 Å². The molecule has 0 aromatic heterocycles. The molecule has 10 heteroatoms. The number of fused-ring (bicyclic) bond motifs is 1. The Kier molecular flexibility index (Phi) is 7.72. The van der Waals surface area contributed by atoms with Gasteiger partial charge < -0.3 is 10.1 Å². The molecule has 0 saturated carbocycles. The lowest BCUT2D eigenvalue weighted by molar-refractivity contribution is -0.149. The van der Waals surface area contributed by atoms with Crippen molar-refractivity contribution in [2.75, 3.05) is 6.26 Å². The highest BCUT2D eigenvalue weighted by Gasteiger charge is 2.41. The number of nitrogens with zero attached hydrogens (tertiary/aromatic N) is 1. The van der Waals surface area contributed by atoms with E-state index in [1.165, 1.54) is 31.2 Å². The largest absolute Gasteiger partial charge is 0.459 e. The van der Waals surface area contributed by atoms with Gasteiger partial charge in [0.2, 0.25) is 5.91 Å². The highest BCUT2D eigenvalue weighted by atomic mass is 32.2. The summed E-state index contributed by atoms with van der Waals surface area (Å²) in [5.41, 5.74) is 1.62. The Morgan fingerprint density at radius 2 is 1.45 bits per heavy atom. The lowest BCUT2D eigenvalue weighted by Gasteiger charge is -2.25. The van der Waals surface area contributed by atoms with Gasteiger partial charge in [-0.2, -0.15) is 0 Å². The summed E-state index contributed by atoms with van der Waals surface area (Å²) in [7, 11) is -3.50. The second-order valence-electron chi connectivity index (χ2n) is 8.98. The highest BCUT2D eigenvalue weighted by molar-refractivity contribution is 7.90. The van der Waals surface area contributed by atoms with Gasteiger partial charge >= 0.3 is 5.97 Å². The van der Waals surface area contributed by atoms with E-state index in [1.54, 1.807) is 48.5 Å². The van der Waals surface area contributed by atoms with Gasteiger partial charge in [0.1, 0.15) is 18.7 Å². The number of carbonyl (C=O) groups excluding carboxylic acids is 4. The van der Waals surface area contributed by atoms with Crippen molar-refractivity contribution in [1.82, 2.24) is 10.2 Å². The number of hydrogen-bond donors (Lipinski definition) is 1. The minimum absolute atomic E-state index is 0.0383. The molecule has 0 unspecified atom stereocenters. The molecule has 1 heterocycles. The van der Waals surface area contributed by atoms with Crippen LogP contribution in [-0.2, 0) is 37.2 Å². The van der Waals surface area contributed by atoms with E-state index in [1.807, 2.05) is 6.07 Å². The summed E-state index contributed by atoms with van der Waals surface area (Å²) in [6.07, 6.45) is 1.00. The number of hydrogen-bond acceptors (Lipinski definition) is 7. The number of carbonyl (C=O) groups is 4. The van der Waals surface area contributed by atoms with Crippen molar-refractivity contribution in [2.24, 2.45) is 0 Å². The second-order valence-corrected chi connectivity index (χ2v) is 11.0. The molecule has 1 aliphatic heterocycles. The van der Waals surface area contributed by atoms with E-state index < -0.39 is 45.6 Å². The van der Waals surface area contributed by atoms with Crippen molar-refractivity contribution < 1.29 is 32.3 Å².